The van der Waals surface area contributed by atoms with E-state index in [1.807, 2.05) is 32.9 Å². The molecule has 0 radical (unpaired) electrons. The number of carbonyl (C=O) groups is 1. The summed E-state index contributed by atoms with van der Waals surface area (Å²) >= 11 is 0. The van der Waals surface area contributed by atoms with Gasteiger partial charge in [-0.1, -0.05) is 29.8 Å². The van der Waals surface area contributed by atoms with E-state index in [1.165, 1.54) is 17.7 Å². The monoisotopic (exact) mass is 285 g/mol. The molecule has 0 heterocycles. The number of aryl methyl sites for hydroxylation is 3. The maximum absolute atomic E-state index is 13.8. The lowest BCUT2D eigenvalue weighted by Crippen LogP contribution is -2.28. The molecule has 0 aliphatic carbocycles. The fraction of sp³-hybridized carbons (Fsp3) is 0.278. The highest BCUT2D eigenvalue weighted by Gasteiger charge is 2.16. The summed E-state index contributed by atoms with van der Waals surface area (Å²) < 4.78 is 13.8. The smallest absolute Gasteiger partial charge is 0.254 e. The van der Waals surface area contributed by atoms with Crippen molar-refractivity contribution < 1.29 is 9.18 Å². The fourth-order valence-corrected chi connectivity index (χ4v) is 2.47. The number of halogens is 1. The molecule has 1 unspecified atom stereocenters. The van der Waals surface area contributed by atoms with Crippen molar-refractivity contribution in [3.63, 3.8) is 0 Å². The minimum Gasteiger partial charge on any atom is -0.345 e. The van der Waals surface area contributed by atoms with E-state index < -0.39 is 5.82 Å². The van der Waals surface area contributed by atoms with Crippen LogP contribution in [0.3, 0.4) is 0 Å². The molecule has 0 aliphatic heterocycles. The van der Waals surface area contributed by atoms with E-state index in [0.717, 1.165) is 16.7 Å². The summed E-state index contributed by atoms with van der Waals surface area (Å²) in [5.74, 6) is -0.875. The third-order valence-corrected chi connectivity index (χ3v) is 3.61. The zero-order valence-corrected chi connectivity index (χ0v) is 12.8. The van der Waals surface area contributed by atoms with E-state index >= 15 is 0 Å². The lowest BCUT2D eigenvalue weighted by Gasteiger charge is -2.17. The molecular formula is C18H20FNO. The second kappa shape index (κ2) is 6.08. The zero-order valence-electron chi connectivity index (χ0n) is 12.8. The largest absolute Gasteiger partial charge is 0.345 e. The van der Waals surface area contributed by atoms with Gasteiger partial charge < -0.3 is 5.32 Å². The minimum atomic E-state index is -0.486. The molecule has 0 aromatic heterocycles. The number of nitrogens with one attached hydrogen (secondary N) is 1. The van der Waals surface area contributed by atoms with Gasteiger partial charge in [-0.3, -0.25) is 4.79 Å². The average Bonchev–Trinajstić information content (AvgIpc) is 2.37. The summed E-state index contributed by atoms with van der Waals surface area (Å²) in [7, 11) is 0. The Kier molecular flexibility index (Phi) is 4.41. The van der Waals surface area contributed by atoms with Crippen molar-refractivity contribution in [3.05, 3.63) is 70.0 Å². The maximum Gasteiger partial charge on any atom is 0.254 e. The summed E-state index contributed by atoms with van der Waals surface area (Å²) in [4.78, 5) is 12.2. The SMILES string of the molecule is Cc1ccc(C(C)NC(=O)c2ccc(C)cc2F)c(C)c1. The van der Waals surface area contributed by atoms with Crippen LogP contribution in [0.5, 0.6) is 0 Å². The Labute approximate surface area is 125 Å². The zero-order chi connectivity index (χ0) is 15.6. The molecule has 21 heavy (non-hydrogen) atoms. The van der Waals surface area contributed by atoms with Crippen LogP contribution in [0.1, 0.15) is 45.6 Å². The van der Waals surface area contributed by atoms with Crippen LogP contribution in [0, 0.1) is 26.6 Å². The molecule has 1 amide bonds. The van der Waals surface area contributed by atoms with Gasteiger partial charge in [-0.25, -0.2) is 4.39 Å². The first-order valence-corrected chi connectivity index (χ1v) is 7.02. The highest BCUT2D eigenvalue weighted by atomic mass is 19.1. The van der Waals surface area contributed by atoms with Gasteiger partial charge in [-0.2, -0.15) is 0 Å². The number of amides is 1. The summed E-state index contributed by atoms with van der Waals surface area (Å²) in [5.41, 5.74) is 4.22. The van der Waals surface area contributed by atoms with Gasteiger partial charge in [0, 0.05) is 0 Å². The standard InChI is InChI=1S/C18H20FNO/c1-11-5-7-15(13(3)9-11)14(4)20-18(21)16-8-6-12(2)10-17(16)19/h5-10,14H,1-4H3,(H,20,21). The number of hydrogen-bond donors (Lipinski definition) is 1. The van der Waals surface area contributed by atoms with E-state index in [9.17, 15) is 9.18 Å². The fourth-order valence-electron chi connectivity index (χ4n) is 2.47. The second-order valence-electron chi connectivity index (χ2n) is 5.54. The van der Waals surface area contributed by atoms with Gasteiger partial charge in [0.25, 0.3) is 5.91 Å². The molecule has 2 aromatic carbocycles. The van der Waals surface area contributed by atoms with Crippen molar-refractivity contribution in [1.82, 2.24) is 5.32 Å². The van der Waals surface area contributed by atoms with Gasteiger partial charge in [0.05, 0.1) is 11.6 Å². The predicted molar refractivity (Wildman–Crippen MR) is 82.9 cm³/mol. The number of benzene rings is 2. The van der Waals surface area contributed by atoms with Crippen molar-refractivity contribution in [2.45, 2.75) is 33.7 Å². The first-order valence-electron chi connectivity index (χ1n) is 7.02. The molecule has 110 valence electrons. The van der Waals surface area contributed by atoms with Crippen LogP contribution in [0.25, 0.3) is 0 Å². The Morgan fingerprint density at radius 2 is 1.67 bits per heavy atom. The predicted octanol–water partition coefficient (Wildman–Crippen LogP) is 4.24. The van der Waals surface area contributed by atoms with Crippen molar-refractivity contribution in [1.29, 1.82) is 0 Å². The van der Waals surface area contributed by atoms with Gasteiger partial charge in [-0.15, -0.1) is 0 Å². The molecule has 3 heteroatoms. The van der Waals surface area contributed by atoms with Crippen LogP contribution in [0.15, 0.2) is 36.4 Å². The van der Waals surface area contributed by atoms with Crippen LogP contribution in [0.4, 0.5) is 4.39 Å². The molecule has 0 saturated carbocycles. The van der Waals surface area contributed by atoms with Crippen molar-refractivity contribution in [2.24, 2.45) is 0 Å². The first kappa shape index (κ1) is 15.2. The normalized spacial score (nSPS) is 12.0. The molecule has 1 N–H and O–H groups in total. The molecule has 2 rings (SSSR count). The summed E-state index contributed by atoms with van der Waals surface area (Å²) in [6.07, 6.45) is 0. The number of hydrogen-bond acceptors (Lipinski definition) is 1. The van der Waals surface area contributed by atoms with Crippen molar-refractivity contribution in [3.8, 4) is 0 Å². The van der Waals surface area contributed by atoms with Crippen LogP contribution < -0.4 is 5.32 Å². The highest BCUT2D eigenvalue weighted by molar-refractivity contribution is 5.94. The molecule has 2 aromatic rings. The molecule has 1 atom stereocenters. The molecule has 0 aliphatic rings. The lowest BCUT2D eigenvalue weighted by atomic mass is 10.00. The van der Waals surface area contributed by atoms with Crippen molar-refractivity contribution in [2.75, 3.05) is 0 Å². The molecule has 0 fully saturated rings. The van der Waals surface area contributed by atoms with E-state index in [0.29, 0.717) is 0 Å². The Hall–Kier alpha value is -2.16. The first-order chi connectivity index (χ1) is 9.88. The quantitative estimate of drug-likeness (QED) is 0.897. The van der Waals surface area contributed by atoms with Gasteiger partial charge in [0.15, 0.2) is 0 Å². The van der Waals surface area contributed by atoms with Crippen LogP contribution in [-0.4, -0.2) is 5.91 Å². The van der Waals surface area contributed by atoms with E-state index in [1.54, 1.807) is 13.0 Å². The highest BCUT2D eigenvalue weighted by Crippen LogP contribution is 2.19. The van der Waals surface area contributed by atoms with Gasteiger partial charge in [0.1, 0.15) is 5.82 Å². The van der Waals surface area contributed by atoms with Crippen LogP contribution >= 0.6 is 0 Å². The van der Waals surface area contributed by atoms with Gasteiger partial charge in [0.2, 0.25) is 0 Å². The van der Waals surface area contributed by atoms with Crippen molar-refractivity contribution >= 4 is 5.91 Å². The molecule has 0 bridgehead atoms. The van der Waals surface area contributed by atoms with E-state index in [4.69, 9.17) is 0 Å². The molecule has 0 saturated heterocycles. The van der Waals surface area contributed by atoms with E-state index in [-0.39, 0.29) is 17.5 Å². The summed E-state index contributed by atoms with van der Waals surface area (Å²) in [6.45, 7) is 7.74. The molecule has 0 spiro atoms. The molecule has 2 nitrogen and oxygen atoms in total. The Bertz CT molecular complexity index is 679. The van der Waals surface area contributed by atoms with Gasteiger partial charge in [-0.05, 0) is 56.5 Å². The topological polar surface area (TPSA) is 29.1 Å². The van der Waals surface area contributed by atoms with Crippen LogP contribution in [0.2, 0.25) is 0 Å². The Morgan fingerprint density at radius 3 is 2.29 bits per heavy atom. The van der Waals surface area contributed by atoms with Gasteiger partial charge >= 0.3 is 0 Å². The van der Waals surface area contributed by atoms with E-state index in [2.05, 4.69) is 11.4 Å². The third kappa shape index (κ3) is 3.48. The Morgan fingerprint density at radius 1 is 1.05 bits per heavy atom. The summed E-state index contributed by atoms with van der Waals surface area (Å²) in [6, 6.07) is 10.5. The average molecular weight is 285 g/mol. The maximum atomic E-state index is 13.8. The number of carbonyl (C=O) groups excluding carboxylic acids is 1. The second-order valence-corrected chi connectivity index (χ2v) is 5.54. The van der Waals surface area contributed by atoms with Crippen LogP contribution in [-0.2, 0) is 0 Å². The Balaban J connectivity index is 2.18. The third-order valence-electron chi connectivity index (χ3n) is 3.61. The summed E-state index contributed by atoms with van der Waals surface area (Å²) in [5, 5.41) is 2.85. The molecular weight excluding hydrogens is 265 g/mol. The lowest BCUT2D eigenvalue weighted by molar-refractivity contribution is 0.0936. The number of rotatable bonds is 3. The minimum absolute atomic E-state index is 0.0808.